The average Bonchev–Trinajstić information content (AvgIpc) is 2.96. The number of benzene rings is 2. The van der Waals surface area contributed by atoms with E-state index < -0.39 is 22.0 Å². The van der Waals surface area contributed by atoms with Gasteiger partial charge in [-0.3, -0.25) is 18.6 Å². The molecule has 0 aliphatic heterocycles. The van der Waals surface area contributed by atoms with Gasteiger partial charge in [0.15, 0.2) is 0 Å². The molecule has 1 aromatic heterocycles. The Morgan fingerprint density at radius 2 is 1.70 bits per heavy atom. The first-order valence-corrected chi connectivity index (χ1v) is 12.5. The van der Waals surface area contributed by atoms with Gasteiger partial charge in [0.1, 0.15) is 11.7 Å². The zero-order valence-corrected chi connectivity index (χ0v) is 20.6. The molecule has 0 spiro atoms. The number of hydrogen-bond acceptors (Lipinski definition) is 4. The molecule has 0 unspecified atom stereocenters. The van der Waals surface area contributed by atoms with Crippen LogP contribution in [0.1, 0.15) is 30.2 Å². The van der Waals surface area contributed by atoms with Crippen LogP contribution >= 0.6 is 0 Å². The van der Waals surface area contributed by atoms with Crippen LogP contribution in [0, 0.1) is 20.8 Å². The second-order valence-electron chi connectivity index (χ2n) is 8.18. The lowest BCUT2D eigenvalue weighted by Crippen LogP contribution is -2.47. The van der Waals surface area contributed by atoms with Gasteiger partial charge in [-0.15, -0.1) is 0 Å². The van der Waals surface area contributed by atoms with Crippen LogP contribution in [0.15, 0.2) is 53.3 Å². The molecule has 1 amide bonds. The maximum atomic E-state index is 13.3. The third-order valence-corrected chi connectivity index (χ3v) is 7.06. The van der Waals surface area contributed by atoms with Crippen molar-refractivity contribution in [3.8, 4) is 5.69 Å². The molecule has 0 bridgehead atoms. The zero-order chi connectivity index (χ0) is 24.5. The standard InChI is InChI=1S/C24H30N4O4S/c1-7-21(28(33(6,31)32)20-14-13-16(2)17(3)15-20)23(29)25-22-18(4)26(5)27(24(22)30)19-11-9-8-10-12-19/h8-15,21H,7H2,1-6H3,(H,25,29)/t21-/m1/s1. The topological polar surface area (TPSA) is 93.4 Å². The summed E-state index contributed by atoms with van der Waals surface area (Å²) in [5.41, 5.74) is 3.30. The molecule has 2 aromatic carbocycles. The number of aromatic nitrogens is 2. The number of rotatable bonds is 7. The second-order valence-corrected chi connectivity index (χ2v) is 10.0. The van der Waals surface area contributed by atoms with Gasteiger partial charge in [0, 0.05) is 7.05 Å². The number of amides is 1. The molecule has 3 rings (SSSR count). The summed E-state index contributed by atoms with van der Waals surface area (Å²) in [6, 6.07) is 13.3. The van der Waals surface area contributed by atoms with Crippen LogP contribution in [0.25, 0.3) is 5.69 Å². The number of nitrogens with zero attached hydrogens (tertiary/aromatic N) is 3. The van der Waals surface area contributed by atoms with Crippen molar-refractivity contribution in [1.82, 2.24) is 9.36 Å². The molecule has 1 N–H and O–H groups in total. The molecule has 0 saturated carbocycles. The maximum Gasteiger partial charge on any atom is 0.295 e. The van der Waals surface area contributed by atoms with E-state index in [4.69, 9.17) is 0 Å². The fourth-order valence-corrected chi connectivity index (χ4v) is 5.05. The van der Waals surface area contributed by atoms with Crippen LogP contribution < -0.4 is 15.2 Å². The van der Waals surface area contributed by atoms with Crippen molar-refractivity contribution in [3.63, 3.8) is 0 Å². The number of anilines is 2. The highest BCUT2D eigenvalue weighted by molar-refractivity contribution is 7.92. The summed E-state index contributed by atoms with van der Waals surface area (Å²) in [5.74, 6) is -0.563. The zero-order valence-electron chi connectivity index (χ0n) is 19.8. The molecule has 8 nitrogen and oxygen atoms in total. The Morgan fingerprint density at radius 1 is 1.06 bits per heavy atom. The number of aryl methyl sites for hydroxylation is 2. The van der Waals surface area contributed by atoms with E-state index >= 15 is 0 Å². The number of nitrogens with one attached hydrogen (secondary N) is 1. The lowest BCUT2D eigenvalue weighted by molar-refractivity contribution is -0.117. The van der Waals surface area contributed by atoms with Crippen LogP contribution in [0.3, 0.4) is 0 Å². The molecule has 176 valence electrons. The minimum absolute atomic E-state index is 0.123. The van der Waals surface area contributed by atoms with Crippen molar-refractivity contribution in [2.45, 2.75) is 40.2 Å². The first-order chi connectivity index (χ1) is 15.5. The van der Waals surface area contributed by atoms with Gasteiger partial charge in [0.25, 0.3) is 5.56 Å². The highest BCUT2D eigenvalue weighted by Crippen LogP contribution is 2.26. The minimum atomic E-state index is -3.78. The smallest absolute Gasteiger partial charge is 0.295 e. The van der Waals surface area contributed by atoms with Crippen molar-refractivity contribution in [2.75, 3.05) is 15.9 Å². The van der Waals surface area contributed by atoms with E-state index in [0.29, 0.717) is 17.1 Å². The van der Waals surface area contributed by atoms with Crippen LogP contribution in [0.4, 0.5) is 11.4 Å². The molecule has 3 aromatic rings. The first kappa shape index (κ1) is 24.3. The number of hydrogen-bond donors (Lipinski definition) is 1. The Balaban J connectivity index is 2.03. The summed E-state index contributed by atoms with van der Waals surface area (Å²) in [6.07, 6.45) is 1.30. The Morgan fingerprint density at radius 3 is 2.24 bits per heavy atom. The van der Waals surface area contributed by atoms with Gasteiger partial charge in [0.05, 0.1) is 23.3 Å². The maximum absolute atomic E-state index is 13.3. The number of sulfonamides is 1. The Hall–Kier alpha value is -3.33. The lowest BCUT2D eigenvalue weighted by Gasteiger charge is -2.30. The molecule has 0 saturated heterocycles. The predicted octanol–water partition coefficient (Wildman–Crippen LogP) is 3.28. The van der Waals surface area contributed by atoms with E-state index in [1.807, 2.05) is 38.1 Å². The molecule has 33 heavy (non-hydrogen) atoms. The quantitative estimate of drug-likeness (QED) is 0.573. The highest BCUT2D eigenvalue weighted by Gasteiger charge is 2.33. The first-order valence-electron chi connectivity index (χ1n) is 10.7. The molecular weight excluding hydrogens is 440 g/mol. The van der Waals surface area contributed by atoms with Crippen molar-refractivity contribution >= 4 is 27.3 Å². The number of para-hydroxylation sites is 1. The van der Waals surface area contributed by atoms with E-state index in [9.17, 15) is 18.0 Å². The van der Waals surface area contributed by atoms with Gasteiger partial charge < -0.3 is 5.32 Å². The molecule has 0 fully saturated rings. The lowest BCUT2D eigenvalue weighted by atomic mass is 10.1. The van der Waals surface area contributed by atoms with Gasteiger partial charge in [-0.25, -0.2) is 13.1 Å². The van der Waals surface area contributed by atoms with E-state index in [2.05, 4.69) is 5.32 Å². The van der Waals surface area contributed by atoms with Gasteiger partial charge in [-0.1, -0.05) is 31.2 Å². The third kappa shape index (κ3) is 4.73. The highest BCUT2D eigenvalue weighted by atomic mass is 32.2. The van der Waals surface area contributed by atoms with Crippen LogP contribution in [-0.2, 0) is 21.9 Å². The average molecular weight is 471 g/mol. The summed E-state index contributed by atoms with van der Waals surface area (Å²) in [7, 11) is -2.05. The third-order valence-electron chi connectivity index (χ3n) is 5.88. The summed E-state index contributed by atoms with van der Waals surface area (Å²) in [4.78, 5) is 26.5. The van der Waals surface area contributed by atoms with Gasteiger partial charge in [-0.05, 0) is 62.6 Å². The molecule has 0 aliphatic rings. The van der Waals surface area contributed by atoms with E-state index in [1.165, 1.54) is 4.68 Å². The molecular formula is C24H30N4O4S. The van der Waals surface area contributed by atoms with Gasteiger partial charge in [0.2, 0.25) is 15.9 Å². The molecule has 0 aliphatic carbocycles. The van der Waals surface area contributed by atoms with E-state index in [-0.39, 0.29) is 17.7 Å². The summed E-state index contributed by atoms with van der Waals surface area (Å²) >= 11 is 0. The van der Waals surface area contributed by atoms with Crippen LogP contribution in [-0.4, -0.2) is 36.0 Å². The van der Waals surface area contributed by atoms with E-state index in [1.54, 1.807) is 49.8 Å². The normalized spacial score (nSPS) is 12.4. The number of carbonyl (C=O) groups excluding carboxylic acids is 1. The van der Waals surface area contributed by atoms with Crippen LogP contribution in [0.2, 0.25) is 0 Å². The Labute approximate surface area is 194 Å². The Kier molecular flexibility index (Phi) is 6.83. The SMILES string of the molecule is CC[C@H](C(=O)Nc1c(C)n(C)n(-c2ccccc2)c1=O)N(c1ccc(C)c(C)c1)S(C)(=O)=O. The van der Waals surface area contributed by atoms with Crippen molar-refractivity contribution < 1.29 is 13.2 Å². The molecule has 1 atom stereocenters. The van der Waals surface area contributed by atoms with Crippen molar-refractivity contribution in [3.05, 3.63) is 75.7 Å². The molecule has 9 heteroatoms. The van der Waals surface area contributed by atoms with Crippen molar-refractivity contribution in [2.24, 2.45) is 7.05 Å². The summed E-state index contributed by atoms with van der Waals surface area (Å²) in [6.45, 7) is 7.29. The number of carbonyl (C=O) groups is 1. The monoisotopic (exact) mass is 470 g/mol. The van der Waals surface area contributed by atoms with Gasteiger partial charge >= 0.3 is 0 Å². The van der Waals surface area contributed by atoms with Gasteiger partial charge in [-0.2, -0.15) is 0 Å². The van der Waals surface area contributed by atoms with Crippen LogP contribution in [0.5, 0.6) is 0 Å². The largest absolute Gasteiger partial charge is 0.318 e. The molecule has 1 heterocycles. The minimum Gasteiger partial charge on any atom is -0.318 e. The summed E-state index contributed by atoms with van der Waals surface area (Å²) in [5, 5.41) is 2.71. The predicted molar refractivity (Wildman–Crippen MR) is 132 cm³/mol. The Bertz CT molecular complexity index is 1340. The second kappa shape index (κ2) is 9.27. The molecule has 0 radical (unpaired) electrons. The fraction of sp³-hybridized carbons (Fsp3) is 0.333. The fourth-order valence-electron chi connectivity index (χ4n) is 3.84. The summed E-state index contributed by atoms with van der Waals surface area (Å²) < 4.78 is 29.7. The van der Waals surface area contributed by atoms with E-state index in [0.717, 1.165) is 21.7 Å². The van der Waals surface area contributed by atoms with Crippen molar-refractivity contribution in [1.29, 1.82) is 0 Å².